The van der Waals surface area contributed by atoms with Gasteiger partial charge in [-0.2, -0.15) is 0 Å². The summed E-state index contributed by atoms with van der Waals surface area (Å²) in [6, 6.07) is 0.660. The predicted octanol–water partition coefficient (Wildman–Crippen LogP) is 1.96. The van der Waals surface area contributed by atoms with Crippen LogP contribution in [0, 0.1) is 11.8 Å². The van der Waals surface area contributed by atoms with E-state index in [2.05, 4.69) is 31.0 Å². The van der Waals surface area contributed by atoms with Crippen molar-refractivity contribution in [2.45, 2.75) is 39.7 Å². The van der Waals surface area contributed by atoms with E-state index in [0.29, 0.717) is 6.04 Å². The van der Waals surface area contributed by atoms with Gasteiger partial charge in [-0.25, -0.2) is 0 Å². The fourth-order valence-electron chi connectivity index (χ4n) is 2.13. The lowest BCUT2D eigenvalue weighted by Gasteiger charge is -2.19. The summed E-state index contributed by atoms with van der Waals surface area (Å²) in [6.45, 7) is 10.9. The summed E-state index contributed by atoms with van der Waals surface area (Å²) in [5, 5.41) is 3.30. The zero-order valence-corrected chi connectivity index (χ0v) is 10.2. The first-order chi connectivity index (χ1) is 6.63. The van der Waals surface area contributed by atoms with Crippen molar-refractivity contribution >= 4 is 0 Å². The summed E-state index contributed by atoms with van der Waals surface area (Å²) < 4.78 is 0. The minimum Gasteiger partial charge on any atom is -0.317 e. The number of nitrogens with zero attached hydrogens (tertiary/aromatic N) is 1. The Morgan fingerprint density at radius 2 is 2.07 bits per heavy atom. The maximum absolute atomic E-state index is 3.30. The second kappa shape index (κ2) is 5.72. The largest absolute Gasteiger partial charge is 0.317 e. The normalized spacial score (nSPS) is 25.9. The lowest BCUT2D eigenvalue weighted by atomic mass is 9.95. The van der Waals surface area contributed by atoms with Crippen molar-refractivity contribution in [1.82, 2.24) is 10.2 Å². The topological polar surface area (TPSA) is 15.3 Å². The molecule has 2 nitrogen and oxygen atoms in total. The van der Waals surface area contributed by atoms with Gasteiger partial charge in [0.15, 0.2) is 0 Å². The van der Waals surface area contributed by atoms with E-state index in [4.69, 9.17) is 0 Å². The van der Waals surface area contributed by atoms with Crippen molar-refractivity contribution < 1.29 is 0 Å². The molecule has 0 saturated carbocycles. The van der Waals surface area contributed by atoms with E-state index in [-0.39, 0.29) is 0 Å². The van der Waals surface area contributed by atoms with Gasteiger partial charge in [0.25, 0.3) is 0 Å². The molecule has 0 aromatic rings. The van der Waals surface area contributed by atoms with Crippen LogP contribution in [0.4, 0.5) is 0 Å². The van der Waals surface area contributed by atoms with Crippen LogP contribution in [0.2, 0.25) is 0 Å². The SMILES string of the molecule is CNC(C)CCN1CCC(C(C)C)C1. The third-order valence-corrected chi connectivity index (χ3v) is 3.62. The lowest BCUT2D eigenvalue weighted by molar-refractivity contribution is 0.289. The molecule has 0 aromatic carbocycles. The molecule has 0 bridgehead atoms. The van der Waals surface area contributed by atoms with Crippen LogP contribution in [0.3, 0.4) is 0 Å². The van der Waals surface area contributed by atoms with Crippen LogP contribution >= 0.6 is 0 Å². The van der Waals surface area contributed by atoms with Gasteiger partial charge in [0.1, 0.15) is 0 Å². The van der Waals surface area contributed by atoms with E-state index < -0.39 is 0 Å². The van der Waals surface area contributed by atoms with Crippen LogP contribution in [0.1, 0.15) is 33.6 Å². The fourth-order valence-corrected chi connectivity index (χ4v) is 2.13. The molecule has 2 unspecified atom stereocenters. The molecular weight excluding hydrogens is 172 g/mol. The van der Waals surface area contributed by atoms with Crippen LogP contribution in [0.5, 0.6) is 0 Å². The smallest absolute Gasteiger partial charge is 0.00479 e. The molecule has 2 atom stereocenters. The molecule has 1 aliphatic rings. The zero-order valence-electron chi connectivity index (χ0n) is 10.2. The van der Waals surface area contributed by atoms with Crippen molar-refractivity contribution in [3.05, 3.63) is 0 Å². The molecule has 2 heteroatoms. The second-order valence-corrected chi connectivity index (χ2v) is 5.07. The second-order valence-electron chi connectivity index (χ2n) is 5.07. The van der Waals surface area contributed by atoms with Gasteiger partial charge in [0.05, 0.1) is 0 Å². The van der Waals surface area contributed by atoms with Crippen LogP contribution in [-0.2, 0) is 0 Å². The Bertz CT molecular complexity index is 156. The summed E-state index contributed by atoms with van der Waals surface area (Å²) in [6.07, 6.45) is 2.69. The summed E-state index contributed by atoms with van der Waals surface area (Å²) in [7, 11) is 2.05. The van der Waals surface area contributed by atoms with E-state index in [0.717, 1.165) is 11.8 Å². The Balaban J connectivity index is 2.16. The van der Waals surface area contributed by atoms with Crippen molar-refractivity contribution in [3.8, 4) is 0 Å². The first-order valence-electron chi connectivity index (χ1n) is 6.03. The Morgan fingerprint density at radius 3 is 2.57 bits per heavy atom. The first-order valence-corrected chi connectivity index (χ1v) is 6.03. The first kappa shape index (κ1) is 12.0. The Hall–Kier alpha value is -0.0800. The number of likely N-dealkylation sites (tertiary alicyclic amines) is 1. The van der Waals surface area contributed by atoms with E-state index in [9.17, 15) is 0 Å². The minimum absolute atomic E-state index is 0.660. The van der Waals surface area contributed by atoms with Gasteiger partial charge in [0.2, 0.25) is 0 Å². The van der Waals surface area contributed by atoms with Crippen LogP contribution in [-0.4, -0.2) is 37.6 Å². The highest BCUT2D eigenvalue weighted by Gasteiger charge is 2.24. The third kappa shape index (κ3) is 3.58. The third-order valence-electron chi connectivity index (χ3n) is 3.62. The van der Waals surface area contributed by atoms with Crippen LogP contribution in [0.25, 0.3) is 0 Å². The fraction of sp³-hybridized carbons (Fsp3) is 1.00. The Kier molecular flexibility index (Phi) is 4.90. The molecule has 0 radical (unpaired) electrons. The average molecular weight is 198 g/mol. The van der Waals surface area contributed by atoms with Gasteiger partial charge < -0.3 is 10.2 Å². The molecule has 0 aliphatic carbocycles. The maximum Gasteiger partial charge on any atom is 0.00479 e. The van der Waals surface area contributed by atoms with Crippen molar-refractivity contribution in [2.24, 2.45) is 11.8 Å². The summed E-state index contributed by atoms with van der Waals surface area (Å²) >= 11 is 0. The quantitative estimate of drug-likeness (QED) is 0.726. The summed E-state index contributed by atoms with van der Waals surface area (Å²) in [5.74, 6) is 1.81. The van der Waals surface area contributed by atoms with E-state index in [1.165, 1.54) is 32.5 Å². The van der Waals surface area contributed by atoms with Crippen molar-refractivity contribution in [3.63, 3.8) is 0 Å². The average Bonchev–Trinajstić information content (AvgIpc) is 2.62. The highest BCUT2D eigenvalue weighted by Crippen LogP contribution is 2.23. The maximum atomic E-state index is 3.30. The summed E-state index contributed by atoms with van der Waals surface area (Å²) in [4.78, 5) is 2.62. The monoisotopic (exact) mass is 198 g/mol. The van der Waals surface area contributed by atoms with Gasteiger partial charge in [0, 0.05) is 12.6 Å². The van der Waals surface area contributed by atoms with E-state index in [1.54, 1.807) is 0 Å². The zero-order chi connectivity index (χ0) is 10.6. The molecule has 1 aliphatic heterocycles. The van der Waals surface area contributed by atoms with Gasteiger partial charge in [-0.3, -0.25) is 0 Å². The minimum atomic E-state index is 0.660. The highest BCUT2D eigenvalue weighted by atomic mass is 15.1. The number of hydrogen-bond acceptors (Lipinski definition) is 2. The summed E-state index contributed by atoms with van der Waals surface area (Å²) in [5.41, 5.74) is 0. The Morgan fingerprint density at radius 1 is 1.36 bits per heavy atom. The molecule has 0 amide bonds. The standard InChI is InChI=1S/C12H26N2/c1-10(2)12-6-8-14(9-12)7-5-11(3)13-4/h10-13H,5-9H2,1-4H3. The molecule has 1 fully saturated rings. The predicted molar refractivity (Wildman–Crippen MR) is 62.5 cm³/mol. The molecule has 1 saturated heterocycles. The van der Waals surface area contributed by atoms with Gasteiger partial charge in [-0.15, -0.1) is 0 Å². The Labute approximate surface area is 89.1 Å². The van der Waals surface area contributed by atoms with Gasteiger partial charge in [-0.1, -0.05) is 13.8 Å². The molecule has 84 valence electrons. The number of nitrogens with one attached hydrogen (secondary N) is 1. The molecule has 0 aromatic heterocycles. The van der Waals surface area contributed by atoms with E-state index in [1.807, 2.05) is 7.05 Å². The molecule has 14 heavy (non-hydrogen) atoms. The van der Waals surface area contributed by atoms with Crippen LogP contribution in [0.15, 0.2) is 0 Å². The van der Waals surface area contributed by atoms with Crippen molar-refractivity contribution in [2.75, 3.05) is 26.7 Å². The van der Waals surface area contributed by atoms with Gasteiger partial charge in [-0.05, 0) is 51.7 Å². The number of rotatable bonds is 5. The van der Waals surface area contributed by atoms with E-state index >= 15 is 0 Å². The molecule has 1 N–H and O–H groups in total. The number of hydrogen-bond donors (Lipinski definition) is 1. The van der Waals surface area contributed by atoms with Gasteiger partial charge >= 0.3 is 0 Å². The van der Waals surface area contributed by atoms with Crippen LogP contribution < -0.4 is 5.32 Å². The van der Waals surface area contributed by atoms with Crippen molar-refractivity contribution in [1.29, 1.82) is 0 Å². The molecular formula is C12H26N2. The highest BCUT2D eigenvalue weighted by molar-refractivity contribution is 4.78. The lowest BCUT2D eigenvalue weighted by Crippen LogP contribution is -2.29. The molecule has 1 heterocycles. The molecule has 0 spiro atoms. The molecule has 1 rings (SSSR count).